The fourth-order valence-electron chi connectivity index (χ4n) is 2.69. The Kier molecular flexibility index (Phi) is 4.04. The van der Waals surface area contributed by atoms with Crippen molar-refractivity contribution in [2.45, 2.75) is 18.9 Å². The molecule has 1 aliphatic heterocycles. The van der Waals surface area contributed by atoms with E-state index in [1.54, 1.807) is 24.3 Å². The Bertz CT molecular complexity index is 684. The number of rotatable bonds is 3. The standard InChI is InChI=1S/C15H16ClN3O3/c16-10-5-3-9(4-6-10)13-12(15(20)21)14(18-22-13)19-7-1-2-11(17)8-19/h3-6,11H,1-2,7-8,17H2,(H,20,21). The van der Waals surface area contributed by atoms with Gasteiger partial charge in [0.25, 0.3) is 0 Å². The summed E-state index contributed by atoms with van der Waals surface area (Å²) in [6.45, 7) is 1.30. The Labute approximate surface area is 132 Å². The Hall–Kier alpha value is -2.05. The van der Waals surface area contributed by atoms with Crippen molar-refractivity contribution in [3.63, 3.8) is 0 Å². The van der Waals surface area contributed by atoms with Gasteiger partial charge in [0, 0.05) is 29.7 Å². The molecule has 1 unspecified atom stereocenters. The second kappa shape index (κ2) is 5.98. The smallest absolute Gasteiger partial charge is 0.343 e. The minimum atomic E-state index is -1.07. The molecule has 0 saturated carbocycles. The van der Waals surface area contributed by atoms with Crippen molar-refractivity contribution >= 4 is 23.4 Å². The molecule has 0 aliphatic carbocycles. The summed E-state index contributed by atoms with van der Waals surface area (Å²) in [4.78, 5) is 13.6. The molecule has 1 aliphatic rings. The average molecular weight is 322 g/mol. The number of anilines is 1. The molecule has 22 heavy (non-hydrogen) atoms. The summed E-state index contributed by atoms with van der Waals surface area (Å²) in [7, 11) is 0. The number of carboxylic acid groups (broad SMARTS) is 1. The zero-order chi connectivity index (χ0) is 15.7. The van der Waals surface area contributed by atoms with Crippen LogP contribution in [0.5, 0.6) is 0 Å². The van der Waals surface area contributed by atoms with E-state index in [1.807, 2.05) is 4.90 Å². The fraction of sp³-hybridized carbons (Fsp3) is 0.333. The number of aromatic nitrogens is 1. The second-order valence-electron chi connectivity index (χ2n) is 5.37. The van der Waals surface area contributed by atoms with E-state index in [2.05, 4.69) is 5.16 Å². The quantitative estimate of drug-likeness (QED) is 0.902. The van der Waals surface area contributed by atoms with Crippen molar-refractivity contribution in [1.82, 2.24) is 5.16 Å². The van der Waals surface area contributed by atoms with Gasteiger partial charge in [-0.25, -0.2) is 4.79 Å². The maximum absolute atomic E-state index is 11.7. The molecule has 1 fully saturated rings. The predicted octanol–water partition coefficient (Wildman–Crippen LogP) is 2.62. The van der Waals surface area contributed by atoms with Crippen molar-refractivity contribution in [3.05, 3.63) is 34.9 Å². The molecule has 1 atom stereocenters. The monoisotopic (exact) mass is 321 g/mol. The van der Waals surface area contributed by atoms with Crippen LogP contribution in [0.4, 0.5) is 5.82 Å². The SMILES string of the molecule is NC1CCCN(c2noc(-c3ccc(Cl)cc3)c2C(=O)O)C1. The molecular formula is C15H16ClN3O3. The molecule has 3 rings (SSSR count). The van der Waals surface area contributed by atoms with Gasteiger partial charge in [-0.05, 0) is 37.1 Å². The van der Waals surface area contributed by atoms with Crippen LogP contribution in [-0.4, -0.2) is 35.4 Å². The highest BCUT2D eigenvalue weighted by Crippen LogP contribution is 2.33. The Balaban J connectivity index is 2.02. The Morgan fingerprint density at radius 1 is 1.41 bits per heavy atom. The van der Waals surface area contributed by atoms with E-state index in [9.17, 15) is 9.90 Å². The first-order valence-corrected chi connectivity index (χ1v) is 7.43. The minimum absolute atomic E-state index is 0.0195. The van der Waals surface area contributed by atoms with Gasteiger partial charge >= 0.3 is 5.97 Å². The van der Waals surface area contributed by atoms with Crippen molar-refractivity contribution in [3.8, 4) is 11.3 Å². The van der Waals surface area contributed by atoms with Crippen LogP contribution in [0, 0.1) is 0 Å². The van der Waals surface area contributed by atoms with Gasteiger partial charge in [-0.2, -0.15) is 0 Å². The van der Waals surface area contributed by atoms with Crippen molar-refractivity contribution in [2.24, 2.45) is 5.73 Å². The van der Waals surface area contributed by atoms with Crippen molar-refractivity contribution in [2.75, 3.05) is 18.0 Å². The lowest BCUT2D eigenvalue weighted by Crippen LogP contribution is -2.43. The Morgan fingerprint density at radius 3 is 2.77 bits per heavy atom. The highest BCUT2D eigenvalue weighted by atomic mass is 35.5. The van der Waals surface area contributed by atoms with Crippen LogP contribution in [0.25, 0.3) is 11.3 Å². The van der Waals surface area contributed by atoms with E-state index in [-0.39, 0.29) is 17.4 Å². The van der Waals surface area contributed by atoms with E-state index in [0.29, 0.717) is 22.9 Å². The van der Waals surface area contributed by atoms with E-state index in [4.69, 9.17) is 21.9 Å². The molecule has 0 radical (unpaired) electrons. The third-order valence-electron chi connectivity index (χ3n) is 3.75. The molecular weight excluding hydrogens is 306 g/mol. The van der Waals surface area contributed by atoms with Crippen LogP contribution >= 0.6 is 11.6 Å². The average Bonchev–Trinajstić information content (AvgIpc) is 2.93. The largest absolute Gasteiger partial charge is 0.477 e. The molecule has 0 bridgehead atoms. The number of halogens is 1. The van der Waals surface area contributed by atoms with Crippen LogP contribution in [0.15, 0.2) is 28.8 Å². The lowest BCUT2D eigenvalue weighted by Gasteiger charge is -2.30. The molecule has 1 saturated heterocycles. The first-order valence-electron chi connectivity index (χ1n) is 7.05. The van der Waals surface area contributed by atoms with E-state index < -0.39 is 5.97 Å². The topological polar surface area (TPSA) is 92.6 Å². The first kappa shape index (κ1) is 14.9. The lowest BCUT2D eigenvalue weighted by molar-refractivity contribution is 0.0697. The van der Waals surface area contributed by atoms with Gasteiger partial charge in [-0.3, -0.25) is 0 Å². The summed E-state index contributed by atoms with van der Waals surface area (Å²) >= 11 is 5.86. The van der Waals surface area contributed by atoms with Gasteiger partial charge in [-0.1, -0.05) is 16.8 Å². The van der Waals surface area contributed by atoms with Crippen LogP contribution in [0.2, 0.25) is 5.02 Å². The molecule has 2 heterocycles. The highest BCUT2D eigenvalue weighted by Gasteiger charge is 2.29. The minimum Gasteiger partial charge on any atom is -0.477 e. The van der Waals surface area contributed by atoms with Gasteiger partial charge in [0.1, 0.15) is 0 Å². The van der Waals surface area contributed by atoms with Crippen LogP contribution < -0.4 is 10.6 Å². The Morgan fingerprint density at radius 2 is 2.14 bits per heavy atom. The van der Waals surface area contributed by atoms with Gasteiger partial charge in [-0.15, -0.1) is 0 Å². The van der Waals surface area contributed by atoms with Gasteiger partial charge in [0.15, 0.2) is 17.1 Å². The molecule has 2 aromatic rings. The lowest BCUT2D eigenvalue weighted by atomic mass is 10.0. The number of carbonyl (C=O) groups is 1. The van der Waals surface area contributed by atoms with Crippen LogP contribution in [-0.2, 0) is 0 Å². The van der Waals surface area contributed by atoms with Crippen molar-refractivity contribution in [1.29, 1.82) is 0 Å². The molecule has 6 nitrogen and oxygen atoms in total. The van der Waals surface area contributed by atoms with Crippen LogP contribution in [0.3, 0.4) is 0 Å². The highest BCUT2D eigenvalue weighted by molar-refractivity contribution is 6.30. The molecule has 7 heteroatoms. The van der Waals surface area contributed by atoms with Crippen molar-refractivity contribution < 1.29 is 14.4 Å². The van der Waals surface area contributed by atoms with Gasteiger partial charge in [0.05, 0.1) is 0 Å². The number of piperidine rings is 1. The number of hydrogen-bond donors (Lipinski definition) is 2. The summed E-state index contributed by atoms with van der Waals surface area (Å²) < 4.78 is 5.32. The number of hydrogen-bond acceptors (Lipinski definition) is 5. The third kappa shape index (κ3) is 2.80. The number of nitrogens with zero attached hydrogens (tertiary/aromatic N) is 2. The second-order valence-corrected chi connectivity index (χ2v) is 5.81. The zero-order valence-electron chi connectivity index (χ0n) is 11.8. The van der Waals surface area contributed by atoms with Crippen LogP contribution in [0.1, 0.15) is 23.2 Å². The summed E-state index contributed by atoms with van der Waals surface area (Å²) in [5, 5.41) is 14.1. The number of nitrogens with two attached hydrogens (primary N) is 1. The normalized spacial score (nSPS) is 18.5. The summed E-state index contributed by atoms with van der Waals surface area (Å²) in [6, 6.07) is 6.80. The first-order chi connectivity index (χ1) is 10.6. The molecule has 0 spiro atoms. The summed E-state index contributed by atoms with van der Waals surface area (Å²) in [5.74, 6) is -0.494. The maximum Gasteiger partial charge on any atom is 0.343 e. The van der Waals surface area contributed by atoms with E-state index >= 15 is 0 Å². The summed E-state index contributed by atoms with van der Waals surface area (Å²) in [5.41, 5.74) is 6.65. The van der Waals surface area contributed by atoms with E-state index in [1.165, 1.54) is 0 Å². The fourth-order valence-corrected chi connectivity index (χ4v) is 2.82. The third-order valence-corrected chi connectivity index (χ3v) is 4.00. The number of carboxylic acids is 1. The van der Waals surface area contributed by atoms with E-state index in [0.717, 1.165) is 19.4 Å². The van der Waals surface area contributed by atoms with Gasteiger partial charge in [0.2, 0.25) is 0 Å². The molecule has 3 N–H and O–H groups in total. The molecule has 116 valence electrons. The van der Waals surface area contributed by atoms with Gasteiger partial charge < -0.3 is 20.3 Å². The number of benzene rings is 1. The molecule has 1 aromatic carbocycles. The maximum atomic E-state index is 11.7. The number of aromatic carboxylic acids is 1. The molecule has 1 aromatic heterocycles. The predicted molar refractivity (Wildman–Crippen MR) is 83.3 cm³/mol. The zero-order valence-corrected chi connectivity index (χ0v) is 12.6. The molecule has 0 amide bonds. The summed E-state index contributed by atoms with van der Waals surface area (Å²) in [6.07, 6.45) is 1.84.